The Balaban J connectivity index is 1.66. The van der Waals surface area contributed by atoms with Crippen molar-refractivity contribution in [3.05, 3.63) is 56.7 Å². The Morgan fingerprint density at radius 2 is 1.73 bits per heavy atom. The van der Waals surface area contributed by atoms with Gasteiger partial charge in [-0.1, -0.05) is 12.1 Å². The van der Waals surface area contributed by atoms with E-state index < -0.39 is 13.0 Å². The van der Waals surface area contributed by atoms with Gasteiger partial charge >= 0.3 is 13.0 Å². The second kappa shape index (κ2) is 7.55. The molecule has 2 aromatic rings. The SMILES string of the molecule is FC(F)Oc1cc(I)c2c(c1)CN(Cc1ccc(OC(F)(F)F)cc1)C2. The third-order valence-electron chi connectivity index (χ3n) is 3.83. The quantitative estimate of drug-likeness (QED) is 0.424. The molecule has 0 radical (unpaired) electrons. The summed E-state index contributed by atoms with van der Waals surface area (Å²) in [5.74, 6) is -0.145. The lowest BCUT2D eigenvalue weighted by molar-refractivity contribution is -0.274. The Hall–Kier alpha value is -1.62. The first kappa shape index (κ1) is 19.2. The van der Waals surface area contributed by atoms with Crippen LogP contribution >= 0.6 is 22.6 Å². The maximum Gasteiger partial charge on any atom is 0.573 e. The largest absolute Gasteiger partial charge is 0.573 e. The minimum Gasteiger partial charge on any atom is -0.435 e. The van der Waals surface area contributed by atoms with Crippen molar-refractivity contribution in [1.82, 2.24) is 4.90 Å². The van der Waals surface area contributed by atoms with E-state index in [0.717, 1.165) is 20.3 Å². The first-order chi connectivity index (χ1) is 12.2. The van der Waals surface area contributed by atoms with Crippen molar-refractivity contribution in [2.75, 3.05) is 0 Å². The monoisotopic (exact) mass is 485 g/mol. The van der Waals surface area contributed by atoms with Crippen molar-refractivity contribution in [2.45, 2.75) is 32.6 Å². The first-order valence-corrected chi connectivity index (χ1v) is 8.60. The summed E-state index contributed by atoms with van der Waals surface area (Å²) in [6.07, 6.45) is -4.72. The van der Waals surface area contributed by atoms with Gasteiger partial charge in [-0.3, -0.25) is 4.90 Å². The highest BCUT2D eigenvalue weighted by Crippen LogP contribution is 2.33. The lowest BCUT2D eigenvalue weighted by atomic mass is 10.1. The third kappa shape index (κ3) is 4.97. The van der Waals surface area contributed by atoms with E-state index in [0.29, 0.717) is 19.6 Å². The zero-order valence-corrected chi connectivity index (χ0v) is 15.4. The van der Waals surface area contributed by atoms with Gasteiger partial charge < -0.3 is 9.47 Å². The van der Waals surface area contributed by atoms with E-state index >= 15 is 0 Å². The number of halogens is 6. The molecule has 9 heteroatoms. The number of hydrogen-bond acceptors (Lipinski definition) is 3. The summed E-state index contributed by atoms with van der Waals surface area (Å²) in [5.41, 5.74) is 2.78. The van der Waals surface area contributed by atoms with Crippen LogP contribution in [-0.4, -0.2) is 17.9 Å². The summed E-state index contributed by atoms with van der Waals surface area (Å²) >= 11 is 2.08. The van der Waals surface area contributed by atoms with E-state index in [1.54, 1.807) is 24.3 Å². The van der Waals surface area contributed by atoms with Crippen LogP contribution < -0.4 is 9.47 Å². The molecule has 3 rings (SSSR count). The summed E-state index contributed by atoms with van der Waals surface area (Å²) < 4.78 is 70.5. The van der Waals surface area contributed by atoms with Gasteiger partial charge in [0.15, 0.2) is 0 Å². The number of ether oxygens (including phenoxy) is 2. The number of nitrogens with zero attached hydrogens (tertiary/aromatic N) is 1. The zero-order valence-electron chi connectivity index (χ0n) is 13.2. The topological polar surface area (TPSA) is 21.7 Å². The summed E-state index contributed by atoms with van der Waals surface area (Å²) in [7, 11) is 0. The van der Waals surface area contributed by atoms with Crippen LogP contribution in [0, 0.1) is 3.57 Å². The molecule has 0 spiro atoms. The van der Waals surface area contributed by atoms with Gasteiger partial charge in [0.05, 0.1) is 0 Å². The molecule has 0 saturated heterocycles. The van der Waals surface area contributed by atoms with Crippen molar-refractivity contribution >= 4 is 22.6 Å². The third-order valence-corrected chi connectivity index (χ3v) is 4.79. The number of rotatable bonds is 5. The minimum atomic E-state index is -4.72. The van der Waals surface area contributed by atoms with E-state index in [9.17, 15) is 22.0 Å². The second-order valence-electron chi connectivity index (χ2n) is 5.76. The average molecular weight is 485 g/mol. The maximum atomic E-state index is 12.4. The molecule has 0 saturated carbocycles. The highest BCUT2D eigenvalue weighted by atomic mass is 127. The fourth-order valence-electron chi connectivity index (χ4n) is 2.84. The van der Waals surface area contributed by atoms with E-state index in [2.05, 4.69) is 37.0 Å². The molecule has 3 nitrogen and oxygen atoms in total. The molecule has 0 unspecified atom stereocenters. The number of hydrogen-bond donors (Lipinski definition) is 0. The Morgan fingerprint density at radius 3 is 2.35 bits per heavy atom. The average Bonchev–Trinajstić information content (AvgIpc) is 2.90. The summed E-state index contributed by atoms with van der Waals surface area (Å²) in [5, 5.41) is 0. The Labute approximate surface area is 159 Å². The van der Waals surface area contributed by atoms with E-state index in [1.165, 1.54) is 12.1 Å². The molecular formula is C17H13F5INO2. The lowest BCUT2D eigenvalue weighted by Gasteiger charge is -2.15. The molecule has 0 atom stereocenters. The van der Waals surface area contributed by atoms with Gasteiger partial charge in [-0.2, -0.15) is 8.78 Å². The van der Waals surface area contributed by atoms with Gasteiger partial charge in [0.2, 0.25) is 0 Å². The van der Waals surface area contributed by atoms with Crippen LogP contribution in [0.5, 0.6) is 11.5 Å². The van der Waals surface area contributed by atoms with Crippen LogP contribution in [0.4, 0.5) is 22.0 Å². The van der Waals surface area contributed by atoms with Crippen LogP contribution in [-0.2, 0) is 19.6 Å². The Bertz CT molecular complexity index is 780. The molecule has 1 aliphatic heterocycles. The van der Waals surface area contributed by atoms with Crippen molar-refractivity contribution in [3.63, 3.8) is 0 Å². The van der Waals surface area contributed by atoms with Crippen LogP contribution in [0.3, 0.4) is 0 Å². The van der Waals surface area contributed by atoms with Gasteiger partial charge in [-0.25, -0.2) is 0 Å². The fourth-order valence-corrected chi connectivity index (χ4v) is 3.67. The molecule has 2 aromatic carbocycles. The molecule has 0 N–H and O–H groups in total. The van der Waals surface area contributed by atoms with Crippen molar-refractivity contribution < 1.29 is 31.4 Å². The summed E-state index contributed by atoms with van der Waals surface area (Å²) in [6, 6.07) is 8.84. The van der Waals surface area contributed by atoms with Gasteiger partial charge in [-0.15, -0.1) is 13.2 Å². The molecule has 0 aliphatic carbocycles. The smallest absolute Gasteiger partial charge is 0.435 e. The Morgan fingerprint density at radius 1 is 1.04 bits per heavy atom. The van der Waals surface area contributed by atoms with Crippen LogP contribution in [0.1, 0.15) is 16.7 Å². The van der Waals surface area contributed by atoms with Gasteiger partial charge in [0.1, 0.15) is 11.5 Å². The summed E-state index contributed by atoms with van der Waals surface area (Å²) in [6.45, 7) is -1.18. The molecule has 0 fully saturated rings. The van der Waals surface area contributed by atoms with Gasteiger partial charge in [0.25, 0.3) is 0 Å². The predicted molar refractivity (Wildman–Crippen MR) is 91.9 cm³/mol. The molecule has 0 bridgehead atoms. The highest BCUT2D eigenvalue weighted by Gasteiger charge is 2.31. The molecule has 140 valence electrons. The number of benzene rings is 2. The lowest BCUT2D eigenvalue weighted by Crippen LogP contribution is -2.17. The van der Waals surface area contributed by atoms with Crippen LogP contribution in [0.25, 0.3) is 0 Å². The van der Waals surface area contributed by atoms with Crippen molar-refractivity contribution in [2.24, 2.45) is 0 Å². The van der Waals surface area contributed by atoms with E-state index in [1.807, 2.05) is 0 Å². The normalized spacial score (nSPS) is 14.6. The zero-order chi connectivity index (χ0) is 18.9. The molecule has 0 amide bonds. The molecule has 0 aromatic heterocycles. The second-order valence-corrected chi connectivity index (χ2v) is 6.92. The molecule has 1 aliphatic rings. The Kier molecular flexibility index (Phi) is 5.56. The highest BCUT2D eigenvalue weighted by molar-refractivity contribution is 14.1. The van der Waals surface area contributed by atoms with Crippen molar-refractivity contribution in [1.29, 1.82) is 0 Å². The fraction of sp³-hybridized carbons (Fsp3) is 0.294. The van der Waals surface area contributed by atoms with Gasteiger partial charge in [-0.05, 0) is 63.5 Å². The minimum absolute atomic E-state index is 0.124. The van der Waals surface area contributed by atoms with E-state index in [-0.39, 0.29) is 11.5 Å². The van der Waals surface area contributed by atoms with Gasteiger partial charge in [0, 0.05) is 23.2 Å². The molecule has 26 heavy (non-hydrogen) atoms. The number of alkyl halides is 5. The first-order valence-electron chi connectivity index (χ1n) is 7.53. The molecular weight excluding hydrogens is 472 g/mol. The van der Waals surface area contributed by atoms with Crippen LogP contribution in [0.15, 0.2) is 36.4 Å². The predicted octanol–water partition coefficient (Wildman–Crippen LogP) is 5.31. The summed E-state index contributed by atoms with van der Waals surface area (Å²) in [4.78, 5) is 2.07. The number of fused-ring (bicyclic) bond motifs is 1. The van der Waals surface area contributed by atoms with E-state index in [4.69, 9.17) is 0 Å². The standard InChI is InChI=1S/C17H13F5INO2/c18-16(19)25-13-5-11-8-24(9-14(11)15(23)6-13)7-10-1-3-12(4-2-10)26-17(20,21)22/h1-6,16H,7-9H2. The van der Waals surface area contributed by atoms with Crippen LogP contribution in [0.2, 0.25) is 0 Å². The van der Waals surface area contributed by atoms with Crippen molar-refractivity contribution in [3.8, 4) is 11.5 Å². The maximum absolute atomic E-state index is 12.4. The molecule has 1 heterocycles.